The largest absolute Gasteiger partial charge is 0.507 e. The molecule has 1 unspecified atom stereocenters. The van der Waals surface area contributed by atoms with Crippen molar-refractivity contribution in [2.75, 3.05) is 0 Å². The summed E-state index contributed by atoms with van der Waals surface area (Å²) < 4.78 is 0. The zero-order chi connectivity index (χ0) is 13.9. The smallest absolute Gasteiger partial charge is 0.123 e. The molecule has 0 heterocycles. The fraction of sp³-hybridized carbons (Fsp3) is 0.647. The minimum atomic E-state index is -0.00553. The van der Waals surface area contributed by atoms with Gasteiger partial charge in [-0.1, -0.05) is 54.5 Å². The number of phenolic OH excluding ortho intramolecular Hbond substituents is 1. The molecule has 1 aliphatic carbocycles. The summed E-state index contributed by atoms with van der Waals surface area (Å²) in [5, 5.41) is 10.7. The maximum absolute atomic E-state index is 10.7. The molecular weight excluding hydrogens is 220 g/mol. The molecule has 0 spiro atoms. The third kappa shape index (κ3) is 1.94. The van der Waals surface area contributed by atoms with Crippen LogP contribution in [0.15, 0.2) is 6.07 Å². The second-order valence-electron chi connectivity index (χ2n) is 7.82. The standard InChI is InChI=1S/C17H26O/c1-10-8-12-11(10)9-13(16(2,3)4)15(18)14(12)17(5,6)7/h9-10,18H,8H2,1-7H3. The van der Waals surface area contributed by atoms with Crippen molar-refractivity contribution in [1.29, 1.82) is 0 Å². The average Bonchev–Trinajstić information content (AvgIpc) is 2.12. The van der Waals surface area contributed by atoms with Crippen LogP contribution in [0.1, 0.15) is 76.6 Å². The van der Waals surface area contributed by atoms with Gasteiger partial charge in [0.25, 0.3) is 0 Å². The van der Waals surface area contributed by atoms with Crippen LogP contribution in [0.2, 0.25) is 0 Å². The Morgan fingerprint density at radius 3 is 2.00 bits per heavy atom. The minimum Gasteiger partial charge on any atom is -0.507 e. The van der Waals surface area contributed by atoms with E-state index in [9.17, 15) is 5.11 Å². The molecule has 1 aromatic rings. The summed E-state index contributed by atoms with van der Waals surface area (Å²) in [5.41, 5.74) is 5.10. The van der Waals surface area contributed by atoms with E-state index in [1.807, 2.05) is 0 Å². The summed E-state index contributed by atoms with van der Waals surface area (Å²) in [5.74, 6) is 1.17. The van der Waals surface area contributed by atoms with Crippen LogP contribution in [0.3, 0.4) is 0 Å². The van der Waals surface area contributed by atoms with Gasteiger partial charge in [-0.05, 0) is 39.9 Å². The molecule has 0 saturated carbocycles. The van der Waals surface area contributed by atoms with Crippen LogP contribution in [0.4, 0.5) is 0 Å². The maximum atomic E-state index is 10.7. The van der Waals surface area contributed by atoms with E-state index in [1.54, 1.807) is 0 Å². The van der Waals surface area contributed by atoms with Gasteiger partial charge in [0, 0.05) is 5.56 Å². The molecule has 0 fully saturated rings. The van der Waals surface area contributed by atoms with Gasteiger partial charge in [-0.3, -0.25) is 0 Å². The maximum Gasteiger partial charge on any atom is 0.123 e. The van der Waals surface area contributed by atoms with Crippen molar-refractivity contribution in [2.45, 2.75) is 71.6 Å². The Labute approximate surface area is 111 Å². The van der Waals surface area contributed by atoms with Crippen LogP contribution in [0, 0.1) is 0 Å². The predicted octanol–water partition coefficient (Wildman–Crippen LogP) is 4.65. The van der Waals surface area contributed by atoms with Crippen LogP contribution < -0.4 is 0 Å². The predicted molar refractivity (Wildman–Crippen MR) is 77.6 cm³/mol. The molecule has 0 saturated heterocycles. The highest BCUT2D eigenvalue weighted by molar-refractivity contribution is 5.59. The fourth-order valence-corrected chi connectivity index (χ4v) is 3.06. The molecule has 100 valence electrons. The van der Waals surface area contributed by atoms with Gasteiger partial charge in [-0.25, -0.2) is 0 Å². The summed E-state index contributed by atoms with van der Waals surface area (Å²) in [6.07, 6.45) is 1.11. The summed E-state index contributed by atoms with van der Waals surface area (Å²) in [6, 6.07) is 2.23. The zero-order valence-electron chi connectivity index (χ0n) is 12.8. The highest BCUT2D eigenvalue weighted by Crippen LogP contribution is 2.49. The molecule has 0 bridgehead atoms. The first-order valence-electron chi connectivity index (χ1n) is 6.93. The number of aromatic hydroxyl groups is 1. The van der Waals surface area contributed by atoms with E-state index in [2.05, 4.69) is 54.5 Å². The molecule has 0 aliphatic heterocycles. The fourth-order valence-electron chi connectivity index (χ4n) is 3.06. The molecule has 0 amide bonds. The first kappa shape index (κ1) is 13.5. The van der Waals surface area contributed by atoms with Crippen molar-refractivity contribution in [2.24, 2.45) is 0 Å². The third-order valence-corrected chi connectivity index (χ3v) is 4.04. The number of phenols is 1. The van der Waals surface area contributed by atoms with E-state index < -0.39 is 0 Å². The second kappa shape index (κ2) is 3.76. The van der Waals surface area contributed by atoms with Crippen molar-refractivity contribution in [3.63, 3.8) is 0 Å². The van der Waals surface area contributed by atoms with E-state index in [-0.39, 0.29) is 10.8 Å². The molecule has 1 atom stereocenters. The first-order valence-corrected chi connectivity index (χ1v) is 6.93. The lowest BCUT2D eigenvalue weighted by Gasteiger charge is -2.38. The van der Waals surface area contributed by atoms with E-state index >= 15 is 0 Å². The summed E-state index contributed by atoms with van der Waals surface area (Å²) >= 11 is 0. The van der Waals surface area contributed by atoms with Crippen molar-refractivity contribution in [3.05, 3.63) is 28.3 Å². The molecule has 0 aromatic heterocycles. The molecule has 1 heteroatoms. The second-order valence-corrected chi connectivity index (χ2v) is 7.82. The van der Waals surface area contributed by atoms with Gasteiger partial charge in [0.15, 0.2) is 0 Å². The highest BCUT2D eigenvalue weighted by atomic mass is 16.3. The third-order valence-electron chi connectivity index (χ3n) is 4.04. The van der Waals surface area contributed by atoms with E-state index in [4.69, 9.17) is 0 Å². The summed E-state index contributed by atoms with van der Waals surface area (Å²) in [4.78, 5) is 0. The van der Waals surface area contributed by atoms with Gasteiger partial charge in [-0.15, -0.1) is 0 Å². The number of hydrogen-bond acceptors (Lipinski definition) is 1. The van der Waals surface area contributed by atoms with Gasteiger partial charge < -0.3 is 5.11 Å². The van der Waals surface area contributed by atoms with E-state index in [0.717, 1.165) is 12.0 Å². The normalized spacial score (nSPS) is 19.4. The van der Waals surface area contributed by atoms with Crippen LogP contribution in [-0.2, 0) is 17.3 Å². The van der Waals surface area contributed by atoms with Crippen molar-refractivity contribution >= 4 is 0 Å². The Balaban J connectivity index is 2.74. The molecule has 2 rings (SSSR count). The number of benzene rings is 1. The number of fused-ring (bicyclic) bond motifs is 1. The van der Waals surface area contributed by atoms with E-state index in [0.29, 0.717) is 11.7 Å². The molecule has 1 aliphatic rings. The van der Waals surface area contributed by atoms with Crippen molar-refractivity contribution in [3.8, 4) is 5.75 Å². The quantitative estimate of drug-likeness (QED) is 0.706. The topological polar surface area (TPSA) is 20.2 Å². The molecule has 1 aromatic carbocycles. The van der Waals surface area contributed by atoms with Crippen molar-refractivity contribution in [1.82, 2.24) is 0 Å². The van der Waals surface area contributed by atoms with Gasteiger partial charge in [0.05, 0.1) is 0 Å². The SMILES string of the molecule is CC1Cc2c1cc(C(C)(C)C)c(O)c2C(C)(C)C. The molecule has 18 heavy (non-hydrogen) atoms. The Morgan fingerprint density at radius 1 is 1.06 bits per heavy atom. The number of hydrogen-bond donors (Lipinski definition) is 1. The Morgan fingerprint density at radius 2 is 1.61 bits per heavy atom. The number of rotatable bonds is 0. The molecule has 1 nitrogen and oxygen atoms in total. The van der Waals surface area contributed by atoms with Crippen LogP contribution >= 0.6 is 0 Å². The van der Waals surface area contributed by atoms with Crippen LogP contribution in [-0.4, -0.2) is 5.11 Å². The monoisotopic (exact) mass is 246 g/mol. The van der Waals surface area contributed by atoms with Gasteiger partial charge >= 0.3 is 0 Å². The molecular formula is C17H26O. The van der Waals surface area contributed by atoms with Crippen LogP contribution in [0.5, 0.6) is 5.75 Å². The lowest BCUT2D eigenvalue weighted by molar-refractivity contribution is 0.414. The highest BCUT2D eigenvalue weighted by Gasteiger charge is 2.35. The zero-order valence-corrected chi connectivity index (χ0v) is 12.8. The lowest BCUT2D eigenvalue weighted by atomic mass is 9.67. The first-order chi connectivity index (χ1) is 8.03. The summed E-state index contributed by atoms with van der Waals surface area (Å²) in [6.45, 7) is 15.4. The Kier molecular flexibility index (Phi) is 2.81. The minimum absolute atomic E-state index is 0.00553. The van der Waals surface area contributed by atoms with Crippen LogP contribution in [0.25, 0.3) is 0 Å². The van der Waals surface area contributed by atoms with Gasteiger partial charge in [0.2, 0.25) is 0 Å². The Bertz CT molecular complexity index is 484. The average molecular weight is 246 g/mol. The van der Waals surface area contributed by atoms with Crippen molar-refractivity contribution < 1.29 is 5.11 Å². The molecule has 0 radical (unpaired) electrons. The summed E-state index contributed by atoms with van der Waals surface area (Å²) in [7, 11) is 0. The molecule has 1 N–H and O–H groups in total. The Hall–Kier alpha value is -0.980. The van der Waals surface area contributed by atoms with Gasteiger partial charge in [0.1, 0.15) is 5.75 Å². The van der Waals surface area contributed by atoms with E-state index in [1.165, 1.54) is 16.7 Å². The van der Waals surface area contributed by atoms with Gasteiger partial charge in [-0.2, -0.15) is 0 Å². The lowest BCUT2D eigenvalue weighted by Crippen LogP contribution is -2.26.